The van der Waals surface area contributed by atoms with Crippen molar-refractivity contribution in [3.05, 3.63) is 29.8 Å². The first-order valence-electron chi connectivity index (χ1n) is 4.43. The van der Waals surface area contributed by atoms with Crippen molar-refractivity contribution < 1.29 is 0 Å². The van der Waals surface area contributed by atoms with Gasteiger partial charge in [-0.2, -0.15) is 5.10 Å². The van der Waals surface area contributed by atoms with Crippen molar-refractivity contribution in [2.75, 3.05) is 11.6 Å². The molecule has 1 heterocycles. The van der Waals surface area contributed by atoms with Crippen LogP contribution in [0.4, 0.5) is 5.69 Å². The van der Waals surface area contributed by atoms with E-state index in [0.717, 1.165) is 24.5 Å². The van der Waals surface area contributed by atoms with E-state index in [2.05, 4.69) is 30.2 Å². The highest BCUT2D eigenvalue weighted by Gasteiger charge is 2.12. The minimum absolute atomic E-state index is 0.724. The van der Waals surface area contributed by atoms with E-state index >= 15 is 0 Å². The number of amidine groups is 1. The Morgan fingerprint density at radius 2 is 2.31 bits per heavy atom. The number of aryl methyl sites for hydroxylation is 1. The van der Waals surface area contributed by atoms with Gasteiger partial charge in [-0.05, 0) is 24.6 Å². The third-order valence-corrected chi connectivity index (χ3v) is 2.13. The Balaban J connectivity index is 2.26. The van der Waals surface area contributed by atoms with Gasteiger partial charge in [0.2, 0.25) is 0 Å². The van der Waals surface area contributed by atoms with Crippen LogP contribution >= 0.6 is 0 Å². The first-order chi connectivity index (χ1) is 6.25. The van der Waals surface area contributed by atoms with Crippen LogP contribution < -0.4 is 10.7 Å². The predicted octanol–water partition coefficient (Wildman–Crippen LogP) is 1.48. The molecule has 0 aliphatic carbocycles. The molecule has 3 heteroatoms. The zero-order valence-corrected chi connectivity index (χ0v) is 7.70. The quantitative estimate of drug-likeness (QED) is 0.702. The molecule has 0 bridgehead atoms. The summed E-state index contributed by atoms with van der Waals surface area (Å²) in [5.74, 6) is 0.724. The van der Waals surface area contributed by atoms with Crippen LogP contribution in [0.5, 0.6) is 0 Å². The standard InChI is InChI=1S/C10H13N3/c1-8-3-2-4-9(7-8)13-6-5-10(11)12-13/h2-4,7H,5-6H2,1H3,(H2,11,12). The molecule has 0 spiro atoms. The molecule has 0 saturated carbocycles. The Kier molecular flexibility index (Phi) is 1.93. The molecule has 0 aromatic heterocycles. The van der Waals surface area contributed by atoms with Gasteiger partial charge in [-0.1, -0.05) is 12.1 Å². The Hall–Kier alpha value is -1.51. The van der Waals surface area contributed by atoms with Gasteiger partial charge in [0.05, 0.1) is 5.69 Å². The van der Waals surface area contributed by atoms with Crippen molar-refractivity contribution >= 4 is 11.5 Å². The second-order valence-corrected chi connectivity index (χ2v) is 3.30. The van der Waals surface area contributed by atoms with Gasteiger partial charge in [-0.15, -0.1) is 0 Å². The van der Waals surface area contributed by atoms with Crippen molar-refractivity contribution in [1.82, 2.24) is 0 Å². The molecule has 0 radical (unpaired) electrons. The smallest absolute Gasteiger partial charge is 0.122 e. The van der Waals surface area contributed by atoms with E-state index in [1.807, 2.05) is 11.1 Å². The lowest BCUT2D eigenvalue weighted by Crippen LogP contribution is -2.11. The number of nitrogens with zero attached hydrogens (tertiary/aromatic N) is 2. The minimum atomic E-state index is 0.724. The van der Waals surface area contributed by atoms with Crippen LogP contribution in [0.15, 0.2) is 29.4 Å². The maximum Gasteiger partial charge on any atom is 0.122 e. The first kappa shape index (κ1) is 8.10. The van der Waals surface area contributed by atoms with Crippen molar-refractivity contribution in [1.29, 1.82) is 0 Å². The average Bonchev–Trinajstić information content (AvgIpc) is 2.52. The molecule has 1 aromatic rings. The van der Waals surface area contributed by atoms with E-state index in [-0.39, 0.29) is 0 Å². The maximum absolute atomic E-state index is 5.61. The van der Waals surface area contributed by atoms with E-state index in [4.69, 9.17) is 5.73 Å². The van der Waals surface area contributed by atoms with Crippen LogP contribution in [0.1, 0.15) is 12.0 Å². The molecule has 0 atom stereocenters. The van der Waals surface area contributed by atoms with Gasteiger partial charge in [-0.3, -0.25) is 5.01 Å². The zero-order chi connectivity index (χ0) is 9.26. The molecule has 0 amide bonds. The van der Waals surface area contributed by atoms with Crippen molar-refractivity contribution in [2.45, 2.75) is 13.3 Å². The summed E-state index contributed by atoms with van der Waals surface area (Å²) in [6.45, 7) is 2.97. The summed E-state index contributed by atoms with van der Waals surface area (Å²) in [5.41, 5.74) is 7.98. The molecule has 1 aromatic carbocycles. The van der Waals surface area contributed by atoms with E-state index in [9.17, 15) is 0 Å². The van der Waals surface area contributed by atoms with Crippen molar-refractivity contribution in [3.63, 3.8) is 0 Å². The predicted molar refractivity (Wildman–Crippen MR) is 54.8 cm³/mol. The molecular weight excluding hydrogens is 162 g/mol. The fourth-order valence-corrected chi connectivity index (χ4v) is 1.45. The molecule has 0 fully saturated rings. The fourth-order valence-electron chi connectivity index (χ4n) is 1.45. The molecule has 0 saturated heterocycles. The summed E-state index contributed by atoms with van der Waals surface area (Å²) in [6, 6.07) is 8.28. The summed E-state index contributed by atoms with van der Waals surface area (Å²) in [5, 5.41) is 6.17. The second-order valence-electron chi connectivity index (χ2n) is 3.30. The van der Waals surface area contributed by atoms with Gasteiger partial charge in [0.15, 0.2) is 0 Å². The van der Waals surface area contributed by atoms with Crippen molar-refractivity contribution in [2.24, 2.45) is 10.8 Å². The summed E-state index contributed by atoms with van der Waals surface area (Å²) in [6.07, 6.45) is 0.869. The van der Waals surface area contributed by atoms with Crippen molar-refractivity contribution in [3.8, 4) is 0 Å². The van der Waals surface area contributed by atoms with Crippen LogP contribution in [0.25, 0.3) is 0 Å². The molecule has 2 N–H and O–H groups in total. The Morgan fingerprint density at radius 3 is 2.92 bits per heavy atom. The van der Waals surface area contributed by atoms with Gasteiger partial charge >= 0.3 is 0 Å². The fraction of sp³-hybridized carbons (Fsp3) is 0.300. The van der Waals surface area contributed by atoms with Gasteiger partial charge in [0.1, 0.15) is 5.84 Å². The lowest BCUT2D eigenvalue weighted by Gasteiger charge is -2.13. The minimum Gasteiger partial charge on any atom is -0.386 e. The first-order valence-corrected chi connectivity index (χ1v) is 4.43. The molecule has 3 nitrogen and oxygen atoms in total. The monoisotopic (exact) mass is 175 g/mol. The average molecular weight is 175 g/mol. The molecule has 2 rings (SSSR count). The molecule has 0 unspecified atom stereocenters. The normalized spacial score (nSPS) is 16.1. The number of benzene rings is 1. The van der Waals surface area contributed by atoms with Crippen LogP contribution in [0.3, 0.4) is 0 Å². The Bertz CT molecular complexity index is 344. The van der Waals surface area contributed by atoms with Gasteiger partial charge in [-0.25, -0.2) is 0 Å². The topological polar surface area (TPSA) is 41.6 Å². The SMILES string of the molecule is Cc1cccc(N2CCC(N)=N2)c1. The third-order valence-electron chi connectivity index (χ3n) is 2.13. The number of hydrogen-bond donors (Lipinski definition) is 1. The van der Waals surface area contributed by atoms with Crippen LogP contribution in [0, 0.1) is 6.92 Å². The lowest BCUT2D eigenvalue weighted by molar-refractivity contribution is 0.921. The summed E-state index contributed by atoms with van der Waals surface area (Å²) in [7, 11) is 0. The Morgan fingerprint density at radius 1 is 1.46 bits per heavy atom. The number of nitrogens with two attached hydrogens (primary N) is 1. The molecule has 1 aliphatic heterocycles. The highest BCUT2D eigenvalue weighted by molar-refractivity contribution is 5.84. The third kappa shape index (κ3) is 1.64. The Labute approximate surface area is 77.9 Å². The molecule has 68 valence electrons. The molecule has 13 heavy (non-hydrogen) atoms. The maximum atomic E-state index is 5.61. The molecule has 1 aliphatic rings. The second kappa shape index (κ2) is 3.09. The lowest BCUT2D eigenvalue weighted by atomic mass is 10.2. The number of rotatable bonds is 1. The molecular formula is C10H13N3. The summed E-state index contributed by atoms with van der Waals surface area (Å²) in [4.78, 5) is 0. The van der Waals surface area contributed by atoms with Gasteiger partial charge in [0.25, 0.3) is 0 Å². The van der Waals surface area contributed by atoms with E-state index < -0.39 is 0 Å². The number of hydrazone groups is 1. The van der Waals surface area contributed by atoms with E-state index in [1.165, 1.54) is 5.56 Å². The van der Waals surface area contributed by atoms with Crippen LogP contribution in [-0.4, -0.2) is 12.4 Å². The summed E-state index contributed by atoms with van der Waals surface area (Å²) < 4.78 is 0. The van der Waals surface area contributed by atoms with E-state index in [1.54, 1.807) is 0 Å². The van der Waals surface area contributed by atoms with Crippen LogP contribution in [-0.2, 0) is 0 Å². The number of hydrogen-bond acceptors (Lipinski definition) is 3. The van der Waals surface area contributed by atoms with Crippen LogP contribution in [0.2, 0.25) is 0 Å². The zero-order valence-electron chi connectivity index (χ0n) is 7.70. The largest absolute Gasteiger partial charge is 0.386 e. The highest BCUT2D eigenvalue weighted by Crippen LogP contribution is 2.19. The van der Waals surface area contributed by atoms with Gasteiger partial charge in [0, 0.05) is 13.0 Å². The highest BCUT2D eigenvalue weighted by atomic mass is 15.5. The van der Waals surface area contributed by atoms with E-state index in [0.29, 0.717) is 0 Å². The number of anilines is 1. The summed E-state index contributed by atoms with van der Waals surface area (Å²) >= 11 is 0. The van der Waals surface area contributed by atoms with Gasteiger partial charge < -0.3 is 5.73 Å².